The number of hydrogen-bond acceptors (Lipinski definition) is 18. The SMILES string of the molecule is CCS(=O)(=O)c1nc2ccc(N=Nc3c(S(=O)(=O)O)cc4cc(S(=O)(=O)O)c(N=Nc5cc(S(=O)(=O)O)ccc5S(=O)(=O)O)c(O)c4c3N)cc2s1.[Na].[Na].[Na].[Na]. The van der Waals surface area contributed by atoms with Gasteiger partial charge in [-0.2, -0.15) is 38.8 Å². The van der Waals surface area contributed by atoms with E-state index < -0.39 is 109 Å². The molecule has 1 heterocycles. The molecule has 21 nitrogen and oxygen atoms in total. The number of nitrogen functional groups attached to an aromatic ring is 1. The predicted octanol–water partition coefficient (Wildman–Crippen LogP) is 2.83. The number of phenols is 1. The zero-order chi connectivity index (χ0) is 38.8. The van der Waals surface area contributed by atoms with E-state index in [0.717, 1.165) is 11.3 Å². The Bertz CT molecular complexity index is 3000. The standard InChI is InChI=1S/C25H20N6O15S6.4Na/c1-2-48(33,34)25-27-14-5-3-12(9-16(14)47-25)28-30-22-18(51(41,42)43)7-11-8-19(52(44,45)46)23(24(32)20(11)21(22)26)31-29-15-10-13(49(35,36)37)4-6-17(15)50(38,39)40;;;;/h3-10,32H,2,26H2,1H3,(H,35,36,37)(H,38,39,40)(H,41,42,43)(H,44,45,46);;;;. The van der Waals surface area contributed by atoms with Crippen molar-refractivity contribution in [1.82, 2.24) is 4.98 Å². The molecule has 0 aliphatic heterocycles. The van der Waals surface area contributed by atoms with Gasteiger partial charge >= 0.3 is 0 Å². The van der Waals surface area contributed by atoms with E-state index in [-0.39, 0.29) is 140 Å². The average molecular weight is 929 g/mol. The van der Waals surface area contributed by atoms with Crippen LogP contribution in [0.2, 0.25) is 0 Å². The number of azo groups is 2. The number of phenolic OH excluding ortho intramolecular Hbond substituents is 1. The van der Waals surface area contributed by atoms with Crippen LogP contribution in [0.25, 0.3) is 21.0 Å². The summed E-state index contributed by atoms with van der Waals surface area (Å²) in [5.74, 6) is -1.48. The largest absolute Gasteiger partial charge is 0.505 e. The molecule has 0 bridgehead atoms. The van der Waals surface area contributed by atoms with Gasteiger partial charge in [-0.1, -0.05) is 6.92 Å². The Hall–Kier alpha value is -0.580. The van der Waals surface area contributed by atoms with Crippen LogP contribution in [0.4, 0.5) is 28.4 Å². The van der Waals surface area contributed by atoms with Crippen molar-refractivity contribution in [1.29, 1.82) is 0 Å². The van der Waals surface area contributed by atoms with Gasteiger partial charge in [0.15, 0.2) is 5.75 Å². The van der Waals surface area contributed by atoms with Crippen molar-refractivity contribution in [2.75, 3.05) is 11.5 Å². The third-order valence-electron chi connectivity index (χ3n) is 6.90. The maximum atomic E-state index is 12.4. The number of nitrogens with two attached hydrogens (primary N) is 1. The number of aromatic nitrogens is 1. The Kier molecular flexibility index (Phi) is 18.5. The Morgan fingerprint density at radius 1 is 0.661 bits per heavy atom. The summed E-state index contributed by atoms with van der Waals surface area (Å²) in [5, 5.41) is 24.6. The van der Waals surface area contributed by atoms with Crippen molar-refractivity contribution in [3.63, 3.8) is 0 Å². The van der Waals surface area contributed by atoms with Gasteiger partial charge in [-0.05, 0) is 53.9 Å². The molecular weight excluding hydrogens is 909 g/mol. The minimum Gasteiger partial charge on any atom is -0.505 e. The second kappa shape index (κ2) is 19.4. The van der Waals surface area contributed by atoms with Gasteiger partial charge in [-0.3, -0.25) is 18.2 Å². The van der Waals surface area contributed by atoms with Crippen LogP contribution < -0.4 is 5.73 Å². The molecule has 0 unspecified atom stereocenters. The zero-order valence-electron chi connectivity index (χ0n) is 29.4. The molecule has 1 aromatic heterocycles. The Morgan fingerprint density at radius 3 is 1.71 bits per heavy atom. The van der Waals surface area contributed by atoms with Crippen LogP contribution in [-0.2, 0) is 50.3 Å². The molecule has 0 saturated carbocycles. The first-order chi connectivity index (χ1) is 23.8. The van der Waals surface area contributed by atoms with Gasteiger partial charge < -0.3 is 10.8 Å². The van der Waals surface area contributed by atoms with Crippen LogP contribution in [-0.4, -0.2) is 194 Å². The number of benzene rings is 4. The molecule has 0 saturated heterocycles. The van der Waals surface area contributed by atoms with E-state index in [0.29, 0.717) is 35.0 Å². The number of rotatable bonds is 10. The summed E-state index contributed by atoms with van der Waals surface area (Å²) < 4.78 is 160. The van der Waals surface area contributed by atoms with E-state index in [1.165, 1.54) is 25.1 Å². The first kappa shape index (κ1) is 53.4. The van der Waals surface area contributed by atoms with E-state index in [4.69, 9.17) is 5.73 Å². The van der Waals surface area contributed by atoms with Crippen LogP contribution >= 0.6 is 11.3 Å². The average Bonchev–Trinajstić information content (AvgIpc) is 3.46. The fraction of sp³-hybridized carbons (Fsp3) is 0.0800. The molecule has 280 valence electrons. The third kappa shape index (κ3) is 11.6. The minimum absolute atomic E-state index is 0. The number of aromatic hydroxyl groups is 1. The molecular formula is C25H20N6Na4O15S6. The maximum Gasteiger partial charge on any atom is 0.296 e. The summed E-state index contributed by atoms with van der Waals surface area (Å²) in [4.78, 5) is -0.353. The van der Waals surface area contributed by atoms with Crippen LogP contribution in [0.15, 0.2) is 92.9 Å². The van der Waals surface area contributed by atoms with Crippen LogP contribution in [0.5, 0.6) is 5.75 Å². The van der Waals surface area contributed by atoms with Crippen molar-refractivity contribution in [3.05, 3.63) is 48.5 Å². The smallest absolute Gasteiger partial charge is 0.296 e. The second-order valence-corrected chi connectivity index (χ2v) is 19.3. The molecule has 56 heavy (non-hydrogen) atoms. The molecule has 0 aliphatic carbocycles. The van der Waals surface area contributed by atoms with E-state index in [2.05, 4.69) is 25.4 Å². The minimum atomic E-state index is -5.42. The Morgan fingerprint density at radius 2 is 1.20 bits per heavy atom. The Labute approximate surface area is 410 Å². The summed E-state index contributed by atoms with van der Waals surface area (Å²) >= 11 is 0.818. The summed E-state index contributed by atoms with van der Waals surface area (Å²) in [6, 6.07) is 6.68. The van der Waals surface area contributed by atoms with Crippen molar-refractivity contribution in [2.45, 2.75) is 30.8 Å². The van der Waals surface area contributed by atoms with Gasteiger partial charge in [-0.25, -0.2) is 13.4 Å². The molecule has 4 aromatic carbocycles. The first-order valence-electron chi connectivity index (χ1n) is 13.5. The number of fused-ring (bicyclic) bond motifs is 2. The summed E-state index contributed by atoms with van der Waals surface area (Å²) in [6.07, 6.45) is 0. The fourth-order valence-electron chi connectivity index (χ4n) is 4.48. The van der Waals surface area contributed by atoms with Crippen LogP contribution in [0, 0.1) is 0 Å². The molecule has 0 atom stereocenters. The predicted molar refractivity (Wildman–Crippen MR) is 204 cm³/mol. The quantitative estimate of drug-likeness (QED) is 0.0507. The van der Waals surface area contributed by atoms with Gasteiger partial charge in [-0.15, -0.1) is 26.7 Å². The maximum absolute atomic E-state index is 12.4. The zero-order valence-corrected chi connectivity index (χ0v) is 42.3. The number of anilines is 1. The van der Waals surface area contributed by atoms with Crippen molar-refractivity contribution >= 4 is 229 Å². The number of sulfone groups is 1. The van der Waals surface area contributed by atoms with Crippen molar-refractivity contribution < 1.29 is 65.4 Å². The van der Waals surface area contributed by atoms with E-state index in [1.807, 2.05) is 0 Å². The number of thiazole rings is 1. The molecule has 0 spiro atoms. The van der Waals surface area contributed by atoms with Crippen LogP contribution in [0.3, 0.4) is 0 Å². The Balaban J connectivity index is 0.00000392. The van der Waals surface area contributed by atoms with Crippen LogP contribution in [0.1, 0.15) is 6.92 Å². The molecule has 5 rings (SSSR count). The van der Waals surface area contributed by atoms with Gasteiger partial charge in [0, 0.05) is 118 Å². The number of hydrogen-bond donors (Lipinski definition) is 6. The summed E-state index contributed by atoms with van der Waals surface area (Å²) in [5.41, 5.74) is 2.65. The first-order valence-corrected chi connectivity index (χ1v) is 21.7. The van der Waals surface area contributed by atoms with Gasteiger partial charge in [0.2, 0.25) is 14.2 Å². The fourth-order valence-corrected chi connectivity index (χ4v) is 9.26. The van der Waals surface area contributed by atoms with Gasteiger partial charge in [0.25, 0.3) is 40.5 Å². The van der Waals surface area contributed by atoms with E-state index in [9.17, 15) is 65.4 Å². The van der Waals surface area contributed by atoms with Crippen molar-refractivity contribution in [2.24, 2.45) is 20.5 Å². The topological polar surface area (TPSA) is 360 Å². The van der Waals surface area contributed by atoms with E-state index in [1.54, 1.807) is 0 Å². The molecule has 0 aliphatic rings. The molecule has 7 N–H and O–H groups in total. The molecule has 0 amide bonds. The van der Waals surface area contributed by atoms with Gasteiger partial charge in [0.05, 0.1) is 37.6 Å². The normalized spacial score (nSPS) is 12.6. The monoisotopic (exact) mass is 928 g/mol. The third-order valence-corrected chi connectivity index (χ3v) is 13.6. The summed E-state index contributed by atoms with van der Waals surface area (Å²) in [7, 11) is -24.5. The summed E-state index contributed by atoms with van der Waals surface area (Å²) in [6.45, 7) is 1.43. The number of nitrogens with zero attached hydrogens (tertiary/aromatic N) is 5. The molecule has 5 aromatic rings. The van der Waals surface area contributed by atoms with E-state index >= 15 is 0 Å². The van der Waals surface area contributed by atoms with Gasteiger partial charge in [0.1, 0.15) is 31.7 Å². The van der Waals surface area contributed by atoms with Crippen molar-refractivity contribution in [3.8, 4) is 5.75 Å². The second-order valence-electron chi connectivity index (χ2n) is 10.3. The molecule has 0 fully saturated rings. The molecule has 31 heteroatoms. The molecule has 4 radical (unpaired) electrons.